The predicted molar refractivity (Wildman–Crippen MR) is 105 cm³/mol. The van der Waals surface area contributed by atoms with E-state index in [-0.39, 0.29) is 17.9 Å². The lowest BCUT2D eigenvalue weighted by atomic mass is 10.1. The second-order valence-electron chi connectivity index (χ2n) is 6.20. The maximum atomic E-state index is 12.0. The van der Waals surface area contributed by atoms with E-state index < -0.39 is 0 Å². The van der Waals surface area contributed by atoms with Crippen LogP contribution in [0.4, 0.5) is 5.13 Å². The number of amides is 2. The molecular formula is C18H22N4O2S2. The molecule has 2 amide bonds. The van der Waals surface area contributed by atoms with Crippen LogP contribution in [0.3, 0.4) is 0 Å². The Morgan fingerprint density at radius 1 is 1.27 bits per heavy atom. The van der Waals surface area contributed by atoms with Crippen molar-refractivity contribution in [3.63, 3.8) is 0 Å². The van der Waals surface area contributed by atoms with Crippen molar-refractivity contribution in [2.75, 3.05) is 17.2 Å². The van der Waals surface area contributed by atoms with Gasteiger partial charge in [0.05, 0.1) is 5.75 Å². The van der Waals surface area contributed by atoms with Gasteiger partial charge in [-0.3, -0.25) is 14.5 Å². The van der Waals surface area contributed by atoms with Gasteiger partial charge < -0.3 is 5.32 Å². The number of thioether (sulfide) groups is 1. The highest BCUT2D eigenvalue weighted by molar-refractivity contribution is 8.01. The van der Waals surface area contributed by atoms with Crippen molar-refractivity contribution >= 4 is 40.0 Å². The molecule has 0 unspecified atom stereocenters. The van der Waals surface area contributed by atoms with Gasteiger partial charge in [-0.2, -0.15) is 0 Å². The van der Waals surface area contributed by atoms with Crippen molar-refractivity contribution in [3.05, 3.63) is 35.9 Å². The highest BCUT2D eigenvalue weighted by Gasteiger charge is 2.34. The molecule has 2 aromatic rings. The first-order chi connectivity index (χ1) is 12.6. The van der Waals surface area contributed by atoms with Gasteiger partial charge in [0.25, 0.3) is 0 Å². The van der Waals surface area contributed by atoms with Gasteiger partial charge in [0.15, 0.2) is 4.34 Å². The molecule has 0 spiro atoms. The molecule has 1 aliphatic rings. The fraction of sp³-hybridized carbons (Fsp3) is 0.444. The van der Waals surface area contributed by atoms with Crippen LogP contribution in [-0.4, -0.2) is 40.4 Å². The lowest BCUT2D eigenvalue weighted by molar-refractivity contribution is -0.118. The van der Waals surface area contributed by atoms with E-state index in [1.165, 1.54) is 28.7 Å². The molecule has 8 heteroatoms. The van der Waals surface area contributed by atoms with Gasteiger partial charge >= 0.3 is 0 Å². The summed E-state index contributed by atoms with van der Waals surface area (Å²) in [4.78, 5) is 25.4. The summed E-state index contributed by atoms with van der Waals surface area (Å²) in [5, 5.41) is 11.8. The maximum absolute atomic E-state index is 12.0. The standard InChI is InChI=1S/C18H22N4O2S2/c1-13(23)22(15-9-10-15)17-20-21-18(26-17)25-12-16(24)19-11-5-8-14-6-3-2-4-7-14/h2-4,6-7,15H,5,8-12H2,1H3,(H,19,24). The number of hydrogen-bond donors (Lipinski definition) is 1. The molecule has 138 valence electrons. The lowest BCUT2D eigenvalue weighted by Gasteiger charge is -2.15. The molecule has 1 aliphatic carbocycles. The highest BCUT2D eigenvalue weighted by Crippen LogP contribution is 2.35. The number of benzene rings is 1. The molecule has 1 heterocycles. The summed E-state index contributed by atoms with van der Waals surface area (Å²) >= 11 is 2.73. The summed E-state index contributed by atoms with van der Waals surface area (Å²) in [6.07, 6.45) is 3.91. The number of rotatable bonds is 9. The van der Waals surface area contributed by atoms with Crippen LogP contribution in [0.15, 0.2) is 34.7 Å². The summed E-state index contributed by atoms with van der Waals surface area (Å²) in [5.74, 6) is 0.297. The smallest absolute Gasteiger partial charge is 0.230 e. The van der Waals surface area contributed by atoms with Gasteiger partial charge in [0, 0.05) is 19.5 Å². The van der Waals surface area contributed by atoms with E-state index in [4.69, 9.17) is 0 Å². The maximum Gasteiger partial charge on any atom is 0.230 e. The topological polar surface area (TPSA) is 75.2 Å². The average Bonchev–Trinajstić information content (AvgIpc) is 3.35. The van der Waals surface area contributed by atoms with Crippen LogP contribution < -0.4 is 10.2 Å². The van der Waals surface area contributed by atoms with Gasteiger partial charge in [-0.05, 0) is 31.2 Å². The number of hydrogen-bond acceptors (Lipinski definition) is 6. The fourth-order valence-corrected chi connectivity index (χ4v) is 4.37. The second kappa shape index (κ2) is 9.14. The zero-order valence-corrected chi connectivity index (χ0v) is 16.3. The average molecular weight is 391 g/mol. The van der Waals surface area contributed by atoms with Crippen molar-refractivity contribution in [1.29, 1.82) is 0 Å². The molecule has 0 atom stereocenters. The third-order valence-corrected chi connectivity index (χ3v) is 6.04. The number of aromatic nitrogens is 2. The zero-order valence-electron chi connectivity index (χ0n) is 14.7. The Kier molecular flexibility index (Phi) is 6.62. The normalized spacial score (nSPS) is 13.4. The molecule has 26 heavy (non-hydrogen) atoms. The lowest BCUT2D eigenvalue weighted by Crippen LogP contribution is -2.30. The van der Waals surface area contributed by atoms with Crippen molar-refractivity contribution in [3.8, 4) is 0 Å². The predicted octanol–water partition coefficient (Wildman–Crippen LogP) is 2.89. The van der Waals surface area contributed by atoms with E-state index in [1.54, 1.807) is 11.8 Å². The summed E-state index contributed by atoms with van der Waals surface area (Å²) < 4.78 is 0.714. The molecule has 1 aromatic carbocycles. The van der Waals surface area contributed by atoms with Crippen molar-refractivity contribution in [2.24, 2.45) is 0 Å². The monoisotopic (exact) mass is 390 g/mol. The Balaban J connectivity index is 1.37. The van der Waals surface area contributed by atoms with Crippen LogP contribution in [0, 0.1) is 0 Å². The highest BCUT2D eigenvalue weighted by atomic mass is 32.2. The number of anilines is 1. The van der Waals surface area contributed by atoms with Gasteiger partial charge in [-0.25, -0.2) is 0 Å². The summed E-state index contributed by atoms with van der Waals surface area (Å²) in [5.41, 5.74) is 1.28. The molecule has 1 saturated carbocycles. The van der Waals surface area contributed by atoms with Gasteiger partial charge in [0.2, 0.25) is 16.9 Å². The van der Waals surface area contributed by atoms with Crippen LogP contribution in [-0.2, 0) is 16.0 Å². The summed E-state index contributed by atoms with van der Waals surface area (Å²) in [6.45, 7) is 2.21. The Hall–Kier alpha value is -1.93. The first-order valence-electron chi connectivity index (χ1n) is 8.70. The molecule has 0 radical (unpaired) electrons. The summed E-state index contributed by atoms with van der Waals surface area (Å²) in [6, 6.07) is 10.5. The van der Waals surface area contributed by atoms with Crippen molar-refractivity contribution in [1.82, 2.24) is 15.5 Å². The van der Waals surface area contributed by atoms with Gasteiger partial charge in [-0.15, -0.1) is 10.2 Å². The van der Waals surface area contributed by atoms with Crippen LogP contribution in [0.25, 0.3) is 0 Å². The third-order valence-electron chi connectivity index (χ3n) is 3.99. The summed E-state index contributed by atoms with van der Waals surface area (Å²) in [7, 11) is 0. The fourth-order valence-electron chi connectivity index (χ4n) is 2.58. The minimum atomic E-state index is -0.00886. The molecule has 1 N–H and O–H groups in total. The Morgan fingerprint density at radius 2 is 2.04 bits per heavy atom. The minimum absolute atomic E-state index is 0.00337. The van der Waals surface area contributed by atoms with Crippen molar-refractivity contribution in [2.45, 2.75) is 43.0 Å². The number of aryl methyl sites for hydroxylation is 1. The number of carbonyl (C=O) groups is 2. The quantitative estimate of drug-likeness (QED) is 0.405. The minimum Gasteiger partial charge on any atom is -0.355 e. The van der Waals surface area contributed by atoms with E-state index in [2.05, 4.69) is 27.6 Å². The Labute approximate surface area is 161 Å². The second-order valence-corrected chi connectivity index (χ2v) is 8.38. The number of carbonyl (C=O) groups excluding carboxylic acids is 2. The van der Waals surface area contributed by atoms with Crippen LogP contribution >= 0.6 is 23.1 Å². The molecule has 0 saturated heterocycles. The Bertz CT molecular complexity index is 747. The number of nitrogens with one attached hydrogen (secondary N) is 1. The zero-order chi connectivity index (χ0) is 18.4. The van der Waals surface area contributed by atoms with E-state index in [9.17, 15) is 9.59 Å². The van der Waals surface area contributed by atoms with E-state index >= 15 is 0 Å². The molecule has 1 aromatic heterocycles. The SMILES string of the molecule is CC(=O)N(c1nnc(SCC(=O)NCCCc2ccccc2)s1)C1CC1. The molecule has 0 bridgehead atoms. The van der Waals surface area contributed by atoms with E-state index in [1.807, 2.05) is 18.2 Å². The van der Waals surface area contributed by atoms with Gasteiger partial charge in [-0.1, -0.05) is 53.4 Å². The van der Waals surface area contributed by atoms with E-state index in [0.717, 1.165) is 25.7 Å². The Morgan fingerprint density at radius 3 is 2.73 bits per heavy atom. The number of nitrogens with zero attached hydrogens (tertiary/aromatic N) is 3. The van der Waals surface area contributed by atoms with Crippen LogP contribution in [0.1, 0.15) is 31.7 Å². The molecule has 3 rings (SSSR count). The molecule has 6 nitrogen and oxygen atoms in total. The van der Waals surface area contributed by atoms with E-state index in [0.29, 0.717) is 21.8 Å². The molecule has 0 aliphatic heterocycles. The largest absolute Gasteiger partial charge is 0.355 e. The van der Waals surface area contributed by atoms with Gasteiger partial charge in [0.1, 0.15) is 0 Å². The third kappa shape index (κ3) is 5.54. The van der Waals surface area contributed by atoms with Crippen LogP contribution in [0.2, 0.25) is 0 Å². The molecular weight excluding hydrogens is 368 g/mol. The first-order valence-corrected chi connectivity index (χ1v) is 10.5. The first kappa shape index (κ1) is 18.8. The molecule has 1 fully saturated rings. The van der Waals surface area contributed by atoms with Crippen molar-refractivity contribution < 1.29 is 9.59 Å². The van der Waals surface area contributed by atoms with Crippen LogP contribution in [0.5, 0.6) is 0 Å².